The Morgan fingerprint density at radius 3 is 2.65 bits per heavy atom. The predicted molar refractivity (Wildman–Crippen MR) is 82.4 cm³/mol. The van der Waals surface area contributed by atoms with Crippen LogP contribution in [0.15, 0.2) is 28.5 Å². The molecule has 0 aliphatic carbocycles. The van der Waals surface area contributed by atoms with Gasteiger partial charge in [-0.3, -0.25) is 4.72 Å². The average Bonchev–Trinajstić information content (AvgIpc) is 2.84. The molecule has 0 amide bonds. The number of anilines is 1. The molecule has 1 aromatic carbocycles. The first-order valence-corrected chi connectivity index (χ1v) is 8.62. The van der Waals surface area contributed by atoms with E-state index in [9.17, 15) is 13.5 Å². The van der Waals surface area contributed by atoms with E-state index >= 15 is 0 Å². The summed E-state index contributed by atoms with van der Waals surface area (Å²) in [6, 6.07) is 6.29. The van der Waals surface area contributed by atoms with Gasteiger partial charge in [-0.05, 0) is 43.2 Å². The van der Waals surface area contributed by atoms with E-state index in [2.05, 4.69) is 4.72 Å². The second kappa shape index (κ2) is 5.63. The van der Waals surface area contributed by atoms with Gasteiger partial charge < -0.3 is 5.11 Å². The van der Waals surface area contributed by atoms with Crippen molar-refractivity contribution in [2.45, 2.75) is 24.5 Å². The fourth-order valence-corrected chi connectivity index (χ4v) is 4.33. The molecule has 0 fully saturated rings. The van der Waals surface area contributed by atoms with Gasteiger partial charge in [0.2, 0.25) is 0 Å². The molecule has 0 unspecified atom stereocenters. The third-order valence-corrected chi connectivity index (χ3v) is 6.07. The highest BCUT2D eigenvalue weighted by Gasteiger charge is 2.19. The molecule has 0 atom stereocenters. The van der Waals surface area contributed by atoms with Crippen LogP contribution in [0.5, 0.6) is 5.75 Å². The zero-order valence-electron chi connectivity index (χ0n) is 11.0. The van der Waals surface area contributed by atoms with Gasteiger partial charge in [0.1, 0.15) is 9.96 Å². The standard InChI is InChI=1S/C13H14ClNO3S2/c1-3-10-4-5-12(19-10)20(17,18)15-11-7-9(14)6-8(2)13(11)16/h4-7,15-16H,3H2,1-2H3. The number of hydrogen-bond acceptors (Lipinski definition) is 4. The van der Waals surface area contributed by atoms with E-state index in [1.54, 1.807) is 25.1 Å². The molecule has 2 aromatic rings. The third kappa shape index (κ3) is 3.08. The lowest BCUT2D eigenvalue weighted by molar-refractivity contribution is 0.473. The molecule has 0 saturated heterocycles. The number of thiophene rings is 1. The van der Waals surface area contributed by atoms with Crippen molar-refractivity contribution in [1.29, 1.82) is 0 Å². The first-order chi connectivity index (χ1) is 9.33. The van der Waals surface area contributed by atoms with Crippen LogP contribution in [0.2, 0.25) is 5.02 Å². The van der Waals surface area contributed by atoms with Crippen LogP contribution in [0.1, 0.15) is 17.4 Å². The molecule has 0 saturated carbocycles. The van der Waals surface area contributed by atoms with E-state index in [1.165, 1.54) is 17.4 Å². The van der Waals surface area contributed by atoms with Crippen LogP contribution < -0.4 is 4.72 Å². The zero-order chi connectivity index (χ0) is 14.9. The molecular weight excluding hydrogens is 318 g/mol. The van der Waals surface area contributed by atoms with Gasteiger partial charge in [-0.1, -0.05) is 18.5 Å². The van der Waals surface area contributed by atoms with Gasteiger partial charge in [0.15, 0.2) is 0 Å². The largest absolute Gasteiger partial charge is 0.505 e. The van der Waals surface area contributed by atoms with Crippen LogP contribution >= 0.6 is 22.9 Å². The van der Waals surface area contributed by atoms with Crippen molar-refractivity contribution in [2.75, 3.05) is 4.72 Å². The van der Waals surface area contributed by atoms with Crippen LogP contribution in [0.25, 0.3) is 0 Å². The summed E-state index contributed by atoms with van der Waals surface area (Å²) < 4.78 is 27.1. The molecule has 0 aliphatic rings. The Labute approximate surface area is 127 Å². The molecule has 1 aromatic heterocycles. The molecule has 1 heterocycles. The lowest BCUT2D eigenvalue weighted by Crippen LogP contribution is -2.11. The van der Waals surface area contributed by atoms with E-state index in [4.69, 9.17) is 11.6 Å². The minimum Gasteiger partial charge on any atom is -0.505 e. The Morgan fingerprint density at radius 2 is 2.05 bits per heavy atom. The number of benzene rings is 1. The first-order valence-electron chi connectivity index (χ1n) is 5.94. The zero-order valence-corrected chi connectivity index (χ0v) is 13.4. The number of aryl methyl sites for hydroxylation is 2. The number of hydrogen-bond donors (Lipinski definition) is 2. The fraction of sp³-hybridized carbons (Fsp3) is 0.231. The second-order valence-corrected chi connectivity index (χ2v) is 7.81. The molecule has 108 valence electrons. The summed E-state index contributed by atoms with van der Waals surface area (Å²) in [4.78, 5) is 0.983. The Bertz CT molecular complexity index is 738. The van der Waals surface area contributed by atoms with E-state index in [0.717, 1.165) is 11.3 Å². The molecule has 0 radical (unpaired) electrons. The predicted octanol–water partition coefficient (Wildman–Crippen LogP) is 3.78. The summed E-state index contributed by atoms with van der Waals surface area (Å²) >= 11 is 7.09. The maximum atomic E-state index is 12.3. The minimum absolute atomic E-state index is 0.0847. The number of aromatic hydroxyl groups is 1. The van der Waals surface area contributed by atoms with E-state index in [0.29, 0.717) is 10.6 Å². The summed E-state index contributed by atoms with van der Waals surface area (Å²) in [6.07, 6.45) is 0.779. The fourth-order valence-electron chi connectivity index (χ4n) is 1.70. The van der Waals surface area contributed by atoms with Crippen molar-refractivity contribution in [2.24, 2.45) is 0 Å². The normalized spacial score (nSPS) is 11.6. The van der Waals surface area contributed by atoms with Crippen molar-refractivity contribution < 1.29 is 13.5 Å². The summed E-state index contributed by atoms with van der Waals surface area (Å²) in [7, 11) is -3.71. The van der Waals surface area contributed by atoms with Crippen molar-refractivity contribution in [1.82, 2.24) is 0 Å². The highest BCUT2D eigenvalue weighted by atomic mass is 35.5. The van der Waals surface area contributed by atoms with E-state index in [-0.39, 0.29) is 15.6 Å². The van der Waals surface area contributed by atoms with Gasteiger partial charge >= 0.3 is 0 Å². The van der Waals surface area contributed by atoms with Gasteiger partial charge in [-0.25, -0.2) is 8.42 Å². The van der Waals surface area contributed by atoms with Crippen LogP contribution in [-0.4, -0.2) is 13.5 Å². The Hall–Kier alpha value is -1.24. The summed E-state index contributed by atoms with van der Waals surface area (Å²) in [5.41, 5.74) is 0.595. The molecular formula is C13H14ClNO3S2. The monoisotopic (exact) mass is 331 g/mol. The van der Waals surface area contributed by atoms with Gasteiger partial charge in [-0.15, -0.1) is 11.3 Å². The maximum absolute atomic E-state index is 12.3. The van der Waals surface area contributed by atoms with Crippen LogP contribution in [0, 0.1) is 6.92 Å². The van der Waals surface area contributed by atoms with Crippen LogP contribution in [-0.2, 0) is 16.4 Å². The summed E-state index contributed by atoms with van der Waals surface area (Å²) in [5, 5.41) is 10.3. The van der Waals surface area contributed by atoms with Crippen LogP contribution in [0.3, 0.4) is 0 Å². The molecule has 0 aliphatic heterocycles. The van der Waals surface area contributed by atoms with Gasteiger partial charge in [0.05, 0.1) is 5.69 Å². The molecule has 2 N–H and O–H groups in total. The van der Waals surface area contributed by atoms with E-state index in [1.807, 2.05) is 6.92 Å². The smallest absolute Gasteiger partial charge is 0.271 e. The van der Waals surface area contributed by atoms with Crippen molar-refractivity contribution in [3.05, 3.63) is 39.7 Å². The lowest BCUT2D eigenvalue weighted by Gasteiger charge is -2.10. The number of phenols is 1. The minimum atomic E-state index is -3.71. The molecule has 0 spiro atoms. The highest BCUT2D eigenvalue weighted by Crippen LogP contribution is 2.33. The Kier molecular flexibility index (Phi) is 4.27. The Morgan fingerprint density at radius 1 is 1.35 bits per heavy atom. The number of nitrogens with one attached hydrogen (secondary N) is 1. The van der Waals surface area contributed by atoms with Gasteiger partial charge in [0.25, 0.3) is 10.0 Å². The third-order valence-electron chi connectivity index (χ3n) is 2.76. The van der Waals surface area contributed by atoms with Gasteiger partial charge in [-0.2, -0.15) is 0 Å². The summed E-state index contributed by atoms with van der Waals surface area (Å²) in [6.45, 7) is 3.61. The lowest BCUT2D eigenvalue weighted by atomic mass is 10.2. The highest BCUT2D eigenvalue weighted by molar-refractivity contribution is 7.94. The van der Waals surface area contributed by atoms with Crippen molar-refractivity contribution >= 4 is 38.6 Å². The second-order valence-electron chi connectivity index (χ2n) is 4.30. The number of sulfonamides is 1. The number of halogens is 1. The molecule has 2 rings (SSSR count). The number of rotatable bonds is 4. The topological polar surface area (TPSA) is 66.4 Å². The molecule has 20 heavy (non-hydrogen) atoms. The summed E-state index contributed by atoms with van der Waals surface area (Å²) in [5.74, 6) is -0.120. The maximum Gasteiger partial charge on any atom is 0.271 e. The van der Waals surface area contributed by atoms with Crippen LogP contribution in [0.4, 0.5) is 5.69 Å². The van der Waals surface area contributed by atoms with E-state index < -0.39 is 10.0 Å². The molecule has 4 nitrogen and oxygen atoms in total. The van der Waals surface area contributed by atoms with Gasteiger partial charge in [0, 0.05) is 9.90 Å². The average molecular weight is 332 g/mol. The number of phenolic OH excluding ortho intramolecular Hbond substituents is 1. The first kappa shape index (κ1) is 15.2. The Balaban J connectivity index is 2.38. The molecule has 0 bridgehead atoms. The van der Waals surface area contributed by atoms with Crippen molar-refractivity contribution in [3.8, 4) is 5.75 Å². The SMILES string of the molecule is CCc1ccc(S(=O)(=O)Nc2cc(Cl)cc(C)c2O)s1. The van der Waals surface area contributed by atoms with Crippen molar-refractivity contribution in [3.63, 3.8) is 0 Å². The molecule has 7 heteroatoms. The quantitative estimate of drug-likeness (QED) is 0.838.